The highest BCUT2D eigenvalue weighted by atomic mass is 35.5. The zero-order valence-electron chi connectivity index (χ0n) is 13.6. The second-order valence-electron chi connectivity index (χ2n) is 5.23. The Morgan fingerprint density at radius 3 is 2.42 bits per heavy atom. The Hall–Kier alpha value is -2.65. The van der Waals surface area contributed by atoms with E-state index in [0.717, 1.165) is 16.6 Å². The fourth-order valence-corrected chi connectivity index (χ4v) is 3.07. The Morgan fingerprint density at radius 1 is 1.12 bits per heavy atom. The molecule has 0 aliphatic carbocycles. The number of rotatable bonds is 5. The molecule has 7 nitrogen and oxygen atoms in total. The lowest BCUT2D eigenvalue weighted by molar-refractivity contribution is -0.120. The zero-order chi connectivity index (χ0) is 19.3. The molecule has 138 valence electrons. The van der Waals surface area contributed by atoms with Crippen LogP contribution in [0.1, 0.15) is 10.4 Å². The molecule has 2 aromatic rings. The Labute approximate surface area is 154 Å². The molecule has 0 saturated carbocycles. The lowest BCUT2D eigenvalue weighted by atomic mass is 10.2. The van der Waals surface area contributed by atoms with Gasteiger partial charge in [0.1, 0.15) is 12.4 Å². The van der Waals surface area contributed by atoms with Crippen molar-refractivity contribution in [2.75, 3.05) is 17.1 Å². The first-order valence-electron chi connectivity index (χ1n) is 7.25. The van der Waals surface area contributed by atoms with Crippen molar-refractivity contribution in [2.24, 2.45) is 0 Å². The first-order valence-corrected chi connectivity index (χ1v) is 9.48. The molecule has 0 spiro atoms. The molecule has 2 aromatic carbocycles. The van der Waals surface area contributed by atoms with E-state index < -0.39 is 34.2 Å². The highest BCUT2D eigenvalue weighted by molar-refractivity contribution is 7.92. The van der Waals surface area contributed by atoms with Crippen LogP contribution in [0.15, 0.2) is 48.5 Å². The summed E-state index contributed by atoms with van der Waals surface area (Å²) < 4.78 is 38.2. The molecule has 2 N–H and O–H groups in total. The second kappa shape index (κ2) is 8.15. The van der Waals surface area contributed by atoms with Crippen LogP contribution in [0.25, 0.3) is 0 Å². The summed E-state index contributed by atoms with van der Waals surface area (Å²) in [7, 11) is -3.79. The van der Waals surface area contributed by atoms with Crippen molar-refractivity contribution in [2.45, 2.75) is 0 Å². The van der Waals surface area contributed by atoms with Crippen LogP contribution in [0.5, 0.6) is 0 Å². The first kappa shape index (κ1) is 19.7. The average Bonchev–Trinajstić information content (AvgIpc) is 2.57. The fourth-order valence-electron chi connectivity index (χ4n) is 2.04. The maximum absolute atomic E-state index is 13.5. The Bertz CT molecular complexity index is 937. The SMILES string of the molecule is CS(=O)(=O)N(CC(=O)NNC(=O)c1ccccc1F)c1cccc(Cl)c1. The van der Waals surface area contributed by atoms with Gasteiger partial charge in [0.15, 0.2) is 0 Å². The summed E-state index contributed by atoms with van der Waals surface area (Å²) in [4.78, 5) is 23.9. The number of nitrogens with one attached hydrogen (secondary N) is 2. The van der Waals surface area contributed by atoms with Crippen molar-refractivity contribution in [1.29, 1.82) is 0 Å². The van der Waals surface area contributed by atoms with Crippen molar-refractivity contribution >= 4 is 39.1 Å². The molecular formula is C16H15ClFN3O4S. The van der Waals surface area contributed by atoms with E-state index in [0.29, 0.717) is 5.02 Å². The highest BCUT2D eigenvalue weighted by Gasteiger charge is 2.21. The van der Waals surface area contributed by atoms with Gasteiger partial charge in [-0.2, -0.15) is 0 Å². The summed E-state index contributed by atoms with van der Waals surface area (Å²) >= 11 is 5.85. The molecule has 0 aromatic heterocycles. The van der Waals surface area contributed by atoms with Gasteiger partial charge in [0, 0.05) is 5.02 Å². The Morgan fingerprint density at radius 2 is 1.81 bits per heavy atom. The highest BCUT2D eigenvalue weighted by Crippen LogP contribution is 2.21. The van der Waals surface area contributed by atoms with Gasteiger partial charge in [-0.05, 0) is 30.3 Å². The number of hydrogen-bond acceptors (Lipinski definition) is 4. The van der Waals surface area contributed by atoms with Gasteiger partial charge in [0.05, 0.1) is 17.5 Å². The van der Waals surface area contributed by atoms with E-state index in [1.165, 1.54) is 36.4 Å². The minimum Gasteiger partial charge on any atom is -0.271 e. The maximum Gasteiger partial charge on any atom is 0.272 e. The minimum atomic E-state index is -3.79. The summed E-state index contributed by atoms with van der Waals surface area (Å²) in [5.74, 6) is -2.44. The van der Waals surface area contributed by atoms with Crippen LogP contribution in [-0.4, -0.2) is 33.0 Å². The fraction of sp³-hybridized carbons (Fsp3) is 0.125. The van der Waals surface area contributed by atoms with E-state index in [9.17, 15) is 22.4 Å². The zero-order valence-corrected chi connectivity index (χ0v) is 15.1. The molecule has 0 unspecified atom stereocenters. The predicted octanol–water partition coefficient (Wildman–Crippen LogP) is 1.71. The average molecular weight is 400 g/mol. The lowest BCUT2D eigenvalue weighted by Crippen LogP contribution is -2.47. The van der Waals surface area contributed by atoms with Gasteiger partial charge in [-0.3, -0.25) is 24.7 Å². The molecule has 26 heavy (non-hydrogen) atoms. The van der Waals surface area contributed by atoms with E-state index in [1.54, 1.807) is 6.07 Å². The van der Waals surface area contributed by atoms with Gasteiger partial charge >= 0.3 is 0 Å². The minimum absolute atomic E-state index is 0.190. The second-order valence-corrected chi connectivity index (χ2v) is 7.57. The molecule has 0 saturated heterocycles. The third-order valence-corrected chi connectivity index (χ3v) is 4.59. The third kappa shape index (κ3) is 5.17. The number of nitrogens with zero attached hydrogens (tertiary/aromatic N) is 1. The largest absolute Gasteiger partial charge is 0.272 e. The van der Waals surface area contributed by atoms with Gasteiger partial charge in [0.2, 0.25) is 10.0 Å². The van der Waals surface area contributed by atoms with Gasteiger partial charge in [0.25, 0.3) is 11.8 Å². The summed E-state index contributed by atoms with van der Waals surface area (Å²) in [5, 5.41) is 0.296. The quantitative estimate of drug-likeness (QED) is 0.748. The Kier molecular flexibility index (Phi) is 6.17. The number of benzene rings is 2. The number of anilines is 1. The normalized spacial score (nSPS) is 10.9. The number of halogens is 2. The number of carbonyl (C=O) groups is 2. The van der Waals surface area contributed by atoms with Crippen molar-refractivity contribution in [3.8, 4) is 0 Å². The van der Waals surface area contributed by atoms with Crippen LogP contribution in [0, 0.1) is 5.82 Å². The van der Waals surface area contributed by atoms with Gasteiger partial charge in [-0.25, -0.2) is 12.8 Å². The topological polar surface area (TPSA) is 95.6 Å². The van der Waals surface area contributed by atoms with Crippen molar-refractivity contribution in [3.63, 3.8) is 0 Å². The van der Waals surface area contributed by atoms with E-state index in [-0.39, 0.29) is 11.3 Å². The van der Waals surface area contributed by atoms with Crippen LogP contribution in [0.3, 0.4) is 0 Å². The third-order valence-electron chi connectivity index (χ3n) is 3.22. The molecule has 0 aliphatic heterocycles. The van der Waals surface area contributed by atoms with Crippen LogP contribution < -0.4 is 15.2 Å². The van der Waals surface area contributed by atoms with Crippen molar-refractivity contribution in [3.05, 3.63) is 64.9 Å². The molecule has 0 radical (unpaired) electrons. The molecule has 2 rings (SSSR count). The van der Waals surface area contributed by atoms with E-state index in [4.69, 9.17) is 11.6 Å². The van der Waals surface area contributed by atoms with E-state index >= 15 is 0 Å². The molecule has 0 aliphatic rings. The van der Waals surface area contributed by atoms with Gasteiger partial charge in [-0.1, -0.05) is 29.8 Å². The maximum atomic E-state index is 13.5. The number of carbonyl (C=O) groups excluding carboxylic acids is 2. The number of hydrogen-bond donors (Lipinski definition) is 2. The molecule has 2 amide bonds. The van der Waals surface area contributed by atoms with Crippen LogP contribution in [0.2, 0.25) is 5.02 Å². The smallest absolute Gasteiger partial charge is 0.271 e. The Balaban J connectivity index is 2.06. The molecule has 0 heterocycles. The van der Waals surface area contributed by atoms with Crippen LogP contribution >= 0.6 is 11.6 Å². The van der Waals surface area contributed by atoms with Crippen LogP contribution in [0.4, 0.5) is 10.1 Å². The molecule has 0 bridgehead atoms. The van der Waals surface area contributed by atoms with Gasteiger partial charge in [-0.15, -0.1) is 0 Å². The summed E-state index contributed by atoms with van der Waals surface area (Å²) in [5.41, 5.74) is 4.01. The number of amides is 2. The van der Waals surface area contributed by atoms with Crippen molar-refractivity contribution < 1.29 is 22.4 Å². The standard InChI is InChI=1S/C16H15ClFN3O4S/c1-26(24,25)21(12-6-4-5-11(17)9-12)10-15(22)19-20-16(23)13-7-2-3-8-14(13)18/h2-9H,10H2,1H3,(H,19,22)(H,20,23). The molecule has 0 fully saturated rings. The monoisotopic (exact) mass is 399 g/mol. The summed E-state index contributed by atoms with van der Waals surface area (Å²) in [6.45, 7) is -0.600. The number of sulfonamides is 1. The van der Waals surface area contributed by atoms with Gasteiger partial charge < -0.3 is 0 Å². The van der Waals surface area contributed by atoms with Crippen molar-refractivity contribution in [1.82, 2.24) is 10.9 Å². The number of hydrazine groups is 1. The van der Waals surface area contributed by atoms with E-state index in [1.807, 2.05) is 5.43 Å². The summed E-state index contributed by atoms with van der Waals surface area (Å²) in [6, 6.07) is 11.2. The van der Waals surface area contributed by atoms with E-state index in [2.05, 4.69) is 5.43 Å². The lowest BCUT2D eigenvalue weighted by Gasteiger charge is -2.22. The molecular weight excluding hydrogens is 385 g/mol. The predicted molar refractivity (Wildman–Crippen MR) is 95.7 cm³/mol. The molecule has 0 atom stereocenters. The first-order chi connectivity index (χ1) is 12.2. The summed E-state index contributed by atoms with van der Waals surface area (Å²) in [6.07, 6.45) is 0.930. The van der Waals surface area contributed by atoms with Crippen LogP contribution in [-0.2, 0) is 14.8 Å². The molecule has 10 heteroatoms.